The topological polar surface area (TPSA) is 50.3 Å². The van der Waals surface area contributed by atoms with Crippen LogP contribution in [0.15, 0.2) is 12.4 Å². The Morgan fingerprint density at radius 3 is 2.84 bits per heavy atom. The van der Waals surface area contributed by atoms with E-state index in [1.165, 1.54) is 38.7 Å². The number of hydrogen-bond donors (Lipinski definition) is 1. The van der Waals surface area contributed by atoms with Gasteiger partial charge in [0.05, 0.1) is 7.11 Å². The first-order valence-electron chi connectivity index (χ1n) is 7.10. The summed E-state index contributed by atoms with van der Waals surface area (Å²) in [6.45, 7) is 6.88. The van der Waals surface area contributed by atoms with Crippen LogP contribution in [0, 0.1) is 5.92 Å². The number of anilines is 1. The fourth-order valence-corrected chi connectivity index (χ4v) is 2.47. The molecule has 2 heterocycles. The fraction of sp³-hybridized carbons (Fsp3) is 0.714. The molecule has 0 spiro atoms. The normalized spacial score (nSPS) is 18.0. The van der Waals surface area contributed by atoms with Crippen molar-refractivity contribution in [3.63, 3.8) is 0 Å². The summed E-state index contributed by atoms with van der Waals surface area (Å²) in [5.41, 5.74) is 0. The molecule has 1 aliphatic heterocycles. The Kier molecular flexibility index (Phi) is 5.39. The average molecular weight is 264 g/mol. The summed E-state index contributed by atoms with van der Waals surface area (Å²) in [5.74, 6) is 2.04. The second kappa shape index (κ2) is 7.28. The van der Waals surface area contributed by atoms with Crippen LogP contribution < -0.4 is 10.1 Å². The van der Waals surface area contributed by atoms with Crippen LogP contribution in [-0.4, -0.2) is 48.2 Å². The first-order chi connectivity index (χ1) is 9.28. The molecule has 1 unspecified atom stereocenters. The van der Waals surface area contributed by atoms with Gasteiger partial charge in [0.15, 0.2) is 0 Å². The zero-order valence-electron chi connectivity index (χ0n) is 11.9. The van der Waals surface area contributed by atoms with Gasteiger partial charge in [-0.25, -0.2) is 9.97 Å². The highest BCUT2D eigenvalue weighted by Crippen LogP contribution is 2.13. The number of piperidine rings is 1. The van der Waals surface area contributed by atoms with Gasteiger partial charge in [-0.3, -0.25) is 0 Å². The molecule has 0 amide bonds. The number of ether oxygens (including phenoxy) is 1. The molecule has 1 saturated heterocycles. The summed E-state index contributed by atoms with van der Waals surface area (Å²) in [6.07, 6.45) is 5.62. The number of nitrogens with zero attached hydrogens (tertiary/aromatic N) is 3. The molecular weight excluding hydrogens is 240 g/mol. The number of rotatable bonds is 6. The Morgan fingerprint density at radius 2 is 2.11 bits per heavy atom. The molecule has 2 rings (SSSR count). The van der Waals surface area contributed by atoms with E-state index in [9.17, 15) is 0 Å². The van der Waals surface area contributed by atoms with Crippen LogP contribution in [-0.2, 0) is 0 Å². The molecule has 0 aromatic carbocycles. The summed E-state index contributed by atoms with van der Waals surface area (Å²) in [4.78, 5) is 10.8. The van der Waals surface area contributed by atoms with Gasteiger partial charge in [-0.1, -0.05) is 13.3 Å². The van der Waals surface area contributed by atoms with Crippen molar-refractivity contribution in [2.45, 2.75) is 26.2 Å². The zero-order chi connectivity index (χ0) is 13.5. The fourth-order valence-electron chi connectivity index (χ4n) is 2.47. The quantitative estimate of drug-likeness (QED) is 0.852. The molecule has 1 fully saturated rings. The predicted octanol–water partition coefficient (Wildman–Crippen LogP) is 2.02. The van der Waals surface area contributed by atoms with E-state index in [0.29, 0.717) is 11.8 Å². The SMILES string of the molecule is COc1cc(NCC(C)CN2CCCCC2)ncn1. The maximum Gasteiger partial charge on any atom is 0.218 e. The number of aromatic nitrogens is 2. The van der Waals surface area contributed by atoms with E-state index in [1.54, 1.807) is 7.11 Å². The molecule has 1 aliphatic rings. The molecule has 19 heavy (non-hydrogen) atoms. The van der Waals surface area contributed by atoms with Crippen LogP contribution in [0.1, 0.15) is 26.2 Å². The molecule has 5 heteroatoms. The monoisotopic (exact) mass is 264 g/mol. The van der Waals surface area contributed by atoms with Crippen LogP contribution in [0.5, 0.6) is 5.88 Å². The predicted molar refractivity (Wildman–Crippen MR) is 76.5 cm³/mol. The van der Waals surface area contributed by atoms with Crippen molar-refractivity contribution in [2.75, 3.05) is 38.6 Å². The third kappa shape index (κ3) is 4.67. The number of likely N-dealkylation sites (tertiary alicyclic amines) is 1. The van der Waals surface area contributed by atoms with E-state index in [0.717, 1.165) is 18.9 Å². The largest absolute Gasteiger partial charge is 0.481 e. The van der Waals surface area contributed by atoms with Crippen LogP contribution in [0.3, 0.4) is 0 Å². The van der Waals surface area contributed by atoms with Crippen LogP contribution in [0.2, 0.25) is 0 Å². The van der Waals surface area contributed by atoms with Crippen molar-refractivity contribution in [1.29, 1.82) is 0 Å². The van der Waals surface area contributed by atoms with Gasteiger partial charge in [0.25, 0.3) is 0 Å². The minimum absolute atomic E-state index is 0.598. The lowest BCUT2D eigenvalue weighted by molar-refractivity contribution is 0.204. The van der Waals surface area contributed by atoms with E-state index in [4.69, 9.17) is 4.74 Å². The Morgan fingerprint density at radius 1 is 1.32 bits per heavy atom. The van der Waals surface area contributed by atoms with E-state index < -0.39 is 0 Å². The highest BCUT2D eigenvalue weighted by atomic mass is 16.5. The highest BCUT2D eigenvalue weighted by molar-refractivity contribution is 5.36. The lowest BCUT2D eigenvalue weighted by Gasteiger charge is -2.29. The lowest BCUT2D eigenvalue weighted by Crippen LogP contribution is -2.35. The van der Waals surface area contributed by atoms with Crippen LogP contribution >= 0.6 is 0 Å². The molecular formula is C14H24N4O. The molecule has 0 bridgehead atoms. The Bertz CT molecular complexity index is 379. The minimum atomic E-state index is 0.598. The zero-order valence-corrected chi connectivity index (χ0v) is 11.9. The van der Waals surface area contributed by atoms with Crippen molar-refractivity contribution < 1.29 is 4.74 Å². The van der Waals surface area contributed by atoms with E-state index in [-0.39, 0.29) is 0 Å². The smallest absolute Gasteiger partial charge is 0.218 e. The van der Waals surface area contributed by atoms with Crippen LogP contribution in [0.25, 0.3) is 0 Å². The second-order valence-corrected chi connectivity index (χ2v) is 5.29. The number of hydrogen-bond acceptors (Lipinski definition) is 5. The summed E-state index contributed by atoms with van der Waals surface area (Å²) in [6, 6.07) is 1.83. The third-order valence-corrected chi connectivity index (χ3v) is 3.50. The molecule has 106 valence electrons. The van der Waals surface area contributed by atoms with Crippen LogP contribution in [0.4, 0.5) is 5.82 Å². The summed E-state index contributed by atoms with van der Waals surface area (Å²) < 4.78 is 5.08. The average Bonchev–Trinajstić information content (AvgIpc) is 2.46. The summed E-state index contributed by atoms with van der Waals surface area (Å²) >= 11 is 0. The van der Waals surface area contributed by atoms with Crippen molar-refractivity contribution in [2.24, 2.45) is 5.92 Å². The maximum absolute atomic E-state index is 5.08. The van der Waals surface area contributed by atoms with Gasteiger partial charge in [-0.05, 0) is 31.8 Å². The lowest BCUT2D eigenvalue weighted by atomic mass is 10.1. The molecule has 5 nitrogen and oxygen atoms in total. The van der Waals surface area contributed by atoms with Gasteiger partial charge < -0.3 is 15.0 Å². The van der Waals surface area contributed by atoms with Gasteiger partial charge in [-0.2, -0.15) is 0 Å². The molecule has 1 atom stereocenters. The first kappa shape index (κ1) is 14.1. The highest BCUT2D eigenvalue weighted by Gasteiger charge is 2.13. The van der Waals surface area contributed by atoms with Crippen molar-refractivity contribution in [3.8, 4) is 5.88 Å². The molecule has 1 aromatic rings. The Hall–Kier alpha value is -1.36. The molecule has 0 aliphatic carbocycles. The Balaban J connectivity index is 1.74. The number of nitrogens with one attached hydrogen (secondary N) is 1. The van der Waals surface area contributed by atoms with E-state index in [1.807, 2.05) is 6.07 Å². The molecule has 1 aromatic heterocycles. The number of methoxy groups -OCH3 is 1. The summed E-state index contributed by atoms with van der Waals surface area (Å²) in [5, 5.41) is 3.35. The molecule has 0 saturated carbocycles. The van der Waals surface area contributed by atoms with Gasteiger partial charge in [0.2, 0.25) is 5.88 Å². The molecule has 1 N–H and O–H groups in total. The Labute approximate surface area is 115 Å². The van der Waals surface area contributed by atoms with E-state index in [2.05, 4.69) is 27.1 Å². The standard InChI is InChI=1S/C14H24N4O/c1-12(10-18-6-4-3-5-7-18)9-15-13-8-14(19-2)17-11-16-13/h8,11-12H,3-7,9-10H2,1-2H3,(H,15,16,17). The van der Waals surface area contributed by atoms with Gasteiger partial charge in [-0.15, -0.1) is 0 Å². The van der Waals surface area contributed by atoms with Crippen molar-refractivity contribution in [3.05, 3.63) is 12.4 Å². The molecule has 0 radical (unpaired) electrons. The third-order valence-electron chi connectivity index (χ3n) is 3.50. The van der Waals surface area contributed by atoms with E-state index >= 15 is 0 Å². The minimum Gasteiger partial charge on any atom is -0.481 e. The maximum atomic E-state index is 5.08. The van der Waals surface area contributed by atoms with Gasteiger partial charge in [0, 0.05) is 19.2 Å². The van der Waals surface area contributed by atoms with Crippen molar-refractivity contribution >= 4 is 5.82 Å². The first-order valence-corrected chi connectivity index (χ1v) is 7.10. The summed E-state index contributed by atoms with van der Waals surface area (Å²) in [7, 11) is 1.62. The van der Waals surface area contributed by atoms with Crippen molar-refractivity contribution in [1.82, 2.24) is 14.9 Å². The van der Waals surface area contributed by atoms with Gasteiger partial charge in [0.1, 0.15) is 12.1 Å². The van der Waals surface area contributed by atoms with Gasteiger partial charge >= 0.3 is 0 Å². The second-order valence-electron chi connectivity index (χ2n) is 5.29.